The fraction of sp³-hybridized carbons (Fsp3) is 0.167. The average Bonchev–Trinajstić information content (AvgIpc) is 3.09. The Kier molecular flexibility index (Phi) is 4.09. The number of hydrogen-bond donors (Lipinski definition) is 2. The van der Waals surface area contributed by atoms with E-state index in [1.54, 1.807) is 6.07 Å². The second kappa shape index (κ2) is 5.83. The number of thiophene rings is 1. The first-order chi connectivity index (χ1) is 9.66. The molecule has 0 saturated heterocycles. The van der Waals surface area contributed by atoms with E-state index in [9.17, 15) is 5.11 Å². The molecular weight excluding hydrogens is 337 g/mol. The normalized spacial score (nSPS) is 12.8. The SMILES string of the molecule is OC(CNc1c(Cl)cc(Cl)c2nsnc12)c1cccs1. The zero-order valence-electron chi connectivity index (χ0n) is 10.0. The second-order valence-electron chi connectivity index (χ2n) is 4.09. The predicted molar refractivity (Wildman–Crippen MR) is 85.2 cm³/mol. The molecule has 0 aliphatic carbocycles. The number of nitrogens with one attached hydrogen (secondary N) is 1. The average molecular weight is 346 g/mol. The van der Waals surface area contributed by atoms with Crippen molar-refractivity contribution in [2.45, 2.75) is 6.10 Å². The molecule has 0 saturated carbocycles. The number of benzene rings is 1. The van der Waals surface area contributed by atoms with E-state index in [2.05, 4.69) is 14.1 Å². The van der Waals surface area contributed by atoms with E-state index in [1.807, 2.05) is 17.5 Å². The molecule has 0 aliphatic rings. The van der Waals surface area contributed by atoms with Gasteiger partial charge in [-0.25, -0.2) is 0 Å². The first-order valence-electron chi connectivity index (χ1n) is 5.72. The molecule has 2 aromatic heterocycles. The molecule has 0 fully saturated rings. The van der Waals surface area contributed by atoms with Crippen LogP contribution in [0.3, 0.4) is 0 Å². The minimum absolute atomic E-state index is 0.342. The minimum Gasteiger partial charge on any atom is -0.386 e. The summed E-state index contributed by atoms with van der Waals surface area (Å²) in [4.78, 5) is 0.898. The third-order valence-corrected chi connectivity index (χ3v) is 4.88. The number of anilines is 1. The third kappa shape index (κ3) is 2.62. The number of halogens is 2. The third-order valence-electron chi connectivity index (χ3n) is 2.79. The van der Waals surface area contributed by atoms with Crippen molar-refractivity contribution in [1.29, 1.82) is 0 Å². The molecule has 1 unspecified atom stereocenters. The van der Waals surface area contributed by atoms with E-state index in [0.29, 0.717) is 33.3 Å². The number of fused-ring (bicyclic) bond motifs is 1. The molecule has 2 heterocycles. The summed E-state index contributed by atoms with van der Waals surface area (Å²) in [6.45, 7) is 0.342. The van der Waals surface area contributed by atoms with Crippen LogP contribution in [0.25, 0.3) is 11.0 Å². The van der Waals surface area contributed by atoms with Gasteiger partial charge in [0.05, 0.1) is 27.5 Å². The van der Waals surface area contributed by atoms with Crippen molar-refractivity contribution in [2.24, 2.45) is 0 Å². The maximum Gasteiger partial charge on any atom is 0.130 e. The first-order valence-corrected chi connectivity index (χ1v) is 8.09. The van der Waals surface area contributed by atoms with Crippen molar-refractivity contribution in [2.75, 3.05) is 11.9 Å². The van der Waals surface area contributed by atoms with E-state index in [4.69, 9.17) is 23.2 Å². The molecule has 0 bridgehead atoms. The maximum atomic E-state index is 10.1. The quantitative estimate of drug-likeness (QED) is 0.743. The molecule has 8 heteroatoms. The molecule has 104 valence electrons. The number of aromatic nitrogens is 2. The molecule has 1 atom stereocenters. The summed E-state index contributed by atoms with van der Waals surface area (Å²) >= 11 is 14.8. The molecule has 3 rings (SSSR count). The molecule has 1 aromatic carbocycles. The van der Waals surface area contributed by atoms with Gasteiger partial charge in [-0.15, -0.1) is 11.3 Å². The number of hydrogen-bond acceptors (Lipinski definition) is 6. The highest BCUT2D eigenvalue weighted by atomic mass is 35.5. The molecule has 0 radical (unpaired) electrons. The van der Waals surface area contributed by atoms with Gasteiger partial charge in [-0.2, -0.15) is 8.75 Å². The molecule has 2 N–H and O–H groups in total. The summed E-state index contributed by atoms with van der Waals surface area (Å²) in [5.41, 5.74) is 1.90. The first kappa shape index (κ1) is 14.0. The maximum absolute atomic E-state index is 10.1. The Balaban J connectivity index is 1.86. The molecular formula is C12H9Cl2N3OS2. The van der Waals surface area contributed by atoms with Gasteiger partial charge in [0, 0.05) is 11.4 Å². The summed E-state index contributed by atoms with van der Waals surface area (Å²) in [5.74, 6) is 0. The van der Waals surface area contributed by atoms with Crippen molar-refractivity contribution < 1.29 is 5.11 Å². The van der Waals surface area contributed by atoms with Crippen LogP contribution in [-0.4, -0.2) is 20.4 Å². The monoisotopic (exact) mass is 345 g/mol. The van der Waals surface area contributed by atoms with E-state index in [1.165, 1.54) is 11.3 Å². The van der Waals surface area contributed by atoms with Crippen LogP contribution in [0.4, 0.5) is 5.69 Å². The smallest absolute Gasteiger partial charge is 0.130 e. The van der Waals surface area contributed by atoms with Gasteiger partial charge in [-0.3, -0.25) is 0 Å². The number of aliphatic hydroxyl groups excluding tert-OH is 1. The number of nitrogens with zero attached hydrogens (tertiary/aromatic N) is 2. The lowest BCUT2D eigenvalue weighted by atomic mass is 10.2. The van der Waals surface area contributed by atoms with E-state index in [-0.39, 0.29) is 0 Å². The van der Waals surface area contributed by atoms with Crippen LogP contribution in [0.2, 0.25) is 10.0 Å². The Labute approximate surface area is 133 Å². The summed E-state index contributed by atoms with van der Waals surface area (Å²) in [6, 6.07) is 5.42. The van der Waals surface area contributed by atoms with Gasteiger partial charge in [0.25, 0.3) is 0 Å². The van der Waals surface area contributed by atoms with Crippen molar-refractivity contribution in [3.63, 3.8) is 0 Å². The van der Waals surface area contributed by atoms with Gasteiger partial charge < -0.3 is 10.4 Å². The fourth-order valence-electron chi connectivity index (χ4n) is 1.82. The lowest BCUT2D eigenvalue weighted by molar-refractivity contribution is 0.195. The Morgan fingerprint density at radius 2 is 2.05 bits per heavy atom. The highest BCUT2D eigenvalue weighted by Gasteiger charge is 2.15. The highest BCUT2D eigenvalue weighted by molar-refractivity contribution is 7.10. The van der Waals surface area contributed by atoms with Crippen LogP contribution in [0.5, 0.6) is 0 Å². The van der Waals surface area contributed by atoms with Crippen molar-refractivity contribution >= 4 is 63.0 Å². The Hall–Kier alpha value is -0.920. The number of rotatable bonds is 4. The predicted octanol–water partition coefficient (Wildman–Crippen LogP) is 4.21. The van der Waals surface area contributed by atoms with Crippen LogP contribution in [-0.2, 0) is 0 Å². The van der Waals surface area contributed by atoms with Crippen LogP contribution < -0.4 is 5.32 Å². The van der Waals surface area contributed by atoms with Gasteiger partial charge >= 0.3 is 0 Å². The zero-order valence-corrected chi connectivity index (χ0v) is 13.2. The minimum atomic E-state index is -0.594. The fourth-order valence-corrected chi connectivity index (χ4v) is 3.71. The van der Waals surface area contributed by atoms with E-state index < -0.39 is 6.10 Å². The van der Waals surface area contributed by atoms with Crippen LogP contribution in [0, 0.1) is 0 Å². The van der Waals surface area contributed by atoms with E-state index >= 15 is 0 Å². The molecule has 3 aromatic rings. The summed E-state index contributed by atoms with van der Waals surface area (Å²) < 4.78 is 8.34. The standard InChI is InChI=1S/C12H9Cl2N3OS2/c13-6-4-7(14)11-12(17-20-16-11)10(6)15-5-8(18)9-2-1-3-19-9/h1-4,8,15,18H,5H2. The van der Waals surface area contributed by atoms with Gasteiger partial charge in [-0.1, -0.05) is 29.3 Å². The van der Waals surface area contributed by atoms with Crippen LogP contribution >= 0.6 is 46.3 Å². The zero-order chi connectivity index (χ0) is 14.1. The lowest BCUT2D eigenvalue weighted by Crippen LogP contribution is -2.11. The highest BCUT2D eigenvalue weighted by Crippen LogP contribution is 2.35. The largest absolute Gasteiger partial charge is 0.386 e. The molecule has 0 spiro atoms. The number of aliphatic hydroxyl groups is 1. The molecule has 20 heavy (non-hydrogen) atoms. The summed E-state index contributed by atoms with van der Waals surface area (Å²) in [6.07, 6.45) is -0.594. The van der Waals surface area contributed by atoms with Crippen molar-refractivity contribution in [1.82, 2.24) is 8.75 Å². The Bertz CT molecular complexity index is 730. The van der Waals surface area contributed by atoms with Gasteiger partial charge in [0.1, 0.15) is 17.1 Å². The molecule has 4 nitrogen and oxygen atoms in total. The van der Waals surface area contributed by atoms with E-state index in [0.717, 1.165) is 16.6 Å². The Morgan fingerprint density at radius 1 is 1.25 bits per heavy atom. The van der Waals surface area contributed by atoms with Crippen LogP contribution in [0.15, 0.2) is 23.6 Å². The Morgan fingerprint density at radius 3 is 2.80 bits per heavy atom. The van der Waals surface area contributed by atoms with Crippen molar-refractivity contribution in [3.05, 3.63) is 38.5 Å². The van der Waals surface area contributed by atoms with Gasteiger partial charge in [-0.05, 0) is 17.5 Å². The second-order valence-corrected chi connectivity index (χ2v) is 6.41. The molecule has 0 amide bonds. The summed E-state index contributed by atoms with van der Waals surface area (Å²) in [5, 5.41) is 16.1. The van der Waals surface area contributed by atoms with Crippen molar-refractivity contribution in [3.8, 4) is 0 Å². The van der Waals surface area contributed by atoms with Crippen LogP contribution in [0.1, 0.15) is 11.0 Å². The topological polar surface area (TPSA) is 58.0 Å². The van der Waals surface area contributed by atoms with Gasteiger partial charge in [0.15, 0.2) is 0 Å². The molecule has 0 aliphatic heterocycles. The lowest BCUT2D eigenvalue weighted by Gasteiger charge is -2.13. The van der Waals surface area contributed by atoms with Gasteiger partial charge in [0.2, 0.25) is 0 Å². The summed E-state index contributed by atoms with van der Waals surface area (Å²) in [7, 11) is 0.